The van der Waals surface area contributed by atoms with Crippen LogP contribution < -0.4 is 11.5 Å². The first kappa shape index (κ1) is 40.2. The third-order valence-corrected chi connectivity index (χ3v) is 14.3. The van der Waals surface area contributed by atoms with Crippen molar-refractivity contribution in [1.82, 2.24) is 0 Å². The van der Waals surface area contributed by atoms with Gasteiger partial charge in [-0.25, -0.2) is 33.7 Å². The second-order valence-electron chi connectivity index (χ2n) is 10.4. The van der Waals surface area contributed by atoms with Gasteiger partial charge in [-0.15, -0.1) is 0 Å². The Morgan fingerprint density at radius 2 is 1.02 bits per heavy atom. The van der Waals surface area contributed by atoms with E-state index in [-0.39, 0.29) is 26.5 Å². The largest absolute Gasteiger partial charge is 0.370 e. The number of hydrogen-bond donors (Lipinski definition) is 2. The summed E-state index contributed by atoms with van der Waals surface area (Å²) in [4.78, 5) is 25.3. The molecule has 0 radical (unpaired) electrons. The van der Waals surface area contributed by atoms with E-state index in [1.165, 1.54) is 39.8 Å². The summed E-state index contributed by atoms with van der Waals surface area (Å²) in [5.74, 6) is -1.32. The van der Waals surface area contributed by atoms with Crippen LogP contribution in [-0.4, -0.2) is 73.8 Å². The molecule has 0 saturated carbocycles. The Kier molecular flexibility index (Phi) is 13.1. The Morgan fingerprint density at radius 1 is 0.689 bits per heavy atom. The van der Waals surface area contributed by atoms with Gasteiger partial charge < -0.3 is 11.5 Å². The van der Waals surface area contributed by atoms with Crippen LogP contribution in [0.25, 0.3) is 0 Å². The number of guanidine groups is 1. The fourth-order valence-corrected chi connectivity index (χ4v) is 10.3. The minimum atomic E-state index is -3.90. The molecular weight excluding hydrogens is 690 g/mol. The van der Waals surface area contributed by atoms with Crippen LogP contribution in [-0.2, 0) is 39.3 Å². The fourth-order valence-electron chi connectivity index (χ4n) is 3.84. The minimum absolute atomic E-state index is 0.0137. The first-order valence-electron chi connectivity index (χ1n) is 13.3. The first-order valence-corrected chi connectivity index (χ1v) is 20.5. The smallest absolute Gasteiger partial charge is 0.280 e. The summed E-state index contributed by atoms with van der Waals surface area (Å²) in [6.45, 7) is 9.39. The van der Waals surface area contributed by atoms with Gasteiger partial charge in [0, 0.05) is 23.6 Å². The van der Waals surface area contributed by atoms with Gasteiger partial charge in [-0.05, 0) is 87.5 Å². The van der Waals surface area contributed by atoms with Crippen LogP contribution in [0.2, 0.25) is 0 Å². The number of amides is 1. The lowest BCUT2D eigenvalue weighted by Gasteiger charge is -2.16. The van der Waals surface area contributed by atoms with Crippen LogP contribution in [0, 0.1) is 13.8 Å². The zero-order valence-corrected chi connectivity index (χ0v) is 30.1. The molecule has 0 heterocycles. The highest BCUT2D eigenvalue weighted by molar-refractivity contribution is 7.95. The molecule has 1 amide bonds. The average molecular weight is 728 g/mol. The van der Waals surface area contributed by atoms with Gasteiger partial charge in [-0.3, -0.25) is 9.59 Å². The van der Waals surface area contributed by atoms with Crippen LogP contribution in [0.4, 0.5) is 0 Å². The standard InChI is InChI=1S/C14H21N3O5S2.C13H17ClO5S2/c1-5-9(3)24(21,22)12-6-8(2)10(13(18)17-14(15)16)7-11(12)23(4,19)20;1-5-9(3)21(18,19)12-6-8(2)10(13(14)15)7-11(12)20(4,16)17/h6-7,9H,5H2,1-4H3,(H4,15,16,17,18);6-7,9H,5H2,1-4H3. The summed E-state index contributed by atoms with van der Waals surface area (Å²) in [5, 5.41) is -2.32. The van der Waals surface area contributed by atoms with E-state index in [0.717, 1.165) is 24.6 Å². The van der Waals surface area contributed by atoms with Gasteiger partial charge in [-0.1, -0.05) is 13.8 Å². The molecule has 18 heteroatoms. The number of sulfone groups is 4. The first-order chi connectivity index (χ1) is 20.2. The van der Waals surface area contributed by atoms with Crippen molar-refractivity contribution in [1.29, 1.82) is 0 Å². The van der Waals surface area contributed by atoms with Crippen molar-refractivity contribution >= 4 is 68.1 Å². The maximum Gasteiger partial charge on any atom is 0.280 e. The van der Waals surface area contributed by atoms with Crippen molar-refractivity contribution in [3.05, 3.63) is 46.5 Å². The van der Waals surface area contributed by atoms with Gasteiger partial charge in [0.05, 0.1) is 30.1 Å². The number of hydrogen-bond acceptors (Lipinski definition) is 10. The summed E-state index contributed by atoms with van der Waals surface area (Å²) in [7, 11) is -15.4. The summed E-state index contributed by atoms with van der Waals surface area (Å²) < 4.78 is 98.1. The second-order valence-corrected chi connectivity index (χ2v) is 19.4. The molecule has 2 aromatic rings. The van der Waals surface area contributed by atoms with Crippen LogP contribution in [0.3, 0.4) is 0 Å². The third-order valence-electron chi connectivity index (χ3n) is 6.88. The normalized spacial score (nSPS) is 13.6. The molecule has 0 bridgehead atoms. The molecular formula is C27H38ClN3O10S4. The maximum atomic E-state index is 12.6. The molecule has 2 unspecified atom stereocenters. The van der Waals surface area contributed by atoms with Crippen molar-refractivity contribution in [2.24, 2.45) is 16.5 Å². The predicted octanol–water partition coefficient (Wildman–Crippen LogP) is 2.73. The van der Waals surface area contributed by atoms with Gasteiger partial charge in [0.15, 0.2) is 45.3 Å². The Hall–Kier alpha value is -2.86. The monoisotopic (exact) mass is 727 g/mol. The average Bonchev–Trinajstić information content (AvgIpc) is 2.89. The Bertz CT molecular complexity index is 1970. The lowest BCUT2D eigenvalue weighted by Crippen LogP contribution is -2.24. The fraction of sp³-hybridized carbons (Fsp3) is 0.444. The third kappa shape index (κ3) is 9.57. The summed E-state index contributed by atoms with van der Waals surface area (Å²) in [5.41, 5.74) is 10.8. The highest BCUT2D eigenvalue weighted by Crippen LogP contribution is 2.31. The minimum Gasteiger partial charge on any atom is -0.370 e. The second kappa shape index (κ2) is 14.7. The Morgan fingerprint density at radius 3 is 1.31 bits per heavy atom. The number of carbonyl (C=O) groups is 2. The van der Waals surface area contributed by atoms with E-state index in [1.807, 2.05) is 0 Å². The summed E-state index contributed by atoms with van der Waals surface area (Å²) in [6, 6.07) is 4.42. The number of aryl methyl sites for hydroxylation is 2. The van der Waals surface area contributed by atoms with E-state index in [2.05, 4.69) is 4.99 Å². The zero-order valence-electron chi connectivity index (χ0n) is 26.1. The molecule has 2 atom stereocenters. The predicted molar refractivity (Wildman–Crippen MR) is 173 cm³/mol. The van der Waals surface area contributed by atoms with Gasteiger partial charge in [0.1, 0.15) is 0 Å². The van der Waals surface area contributed by atoms with Gasteiger partial charge in [0.2, 0.25) is 0 Å². The molecule has 2 aromatic carbocycles. The topological polar surface area (TPSA) is 235 Å². The van der Waals surface area contributed by atoms with Crippen molar-refractivity contribution < 1.29 is 43.3 Å². The molecule has 13 nitrogen and oxygen atoms in total. The number of halogens is 1. The molecule has 0 saturated heterocycles. The van der Waals surface area contributed by atoms with Crippen molar-refractivity contribution in [2.45, 2.75) is 84.5 Å². The highest BCUT2D eigenvalue weighted by atomic mass is 35.5. The van der Waals surface area contributed by atoms with Gasteiger partial charge >= 0.3 is 0 Å². The number of rotatable bonds is 10. The molecule has 0 aliphatic rings. The molecule has 0 aliphatic carbocycles. The summed E-state index contributed by atoms with van der Waals surface area (Å²) in [6.07, 6.45) is 2.44. The van der Waals surface area contributed by atoms with Crippen molar-refractivity contribution in [2.75, 3.05) is 12.5 Å². The number of nitrogens with zero attached hydrogens (tertiary/aromatic N) is 1. The van der Waals surface area contributed by atoms with E-state index in [1.54, 1.807) is 13.8 Å². The molecule has 45 heavy (non-hydrogen) atoms. The number of nitrogens with two attached hydrogens (primary N) is 2. The van der Waals surface area contributed by atoms with Crippen LogP contribution in [0.5, 0.6) is 0 Å². The molecule has 252 valence electrons. The van der Waals surface area contributed by atoms with Crippen molar-refractivity contribution in [3.8, 4) is 0 Å². The van der Waals surface area contributed by atoms with E-state index in [4.69, 9.17) is 23.1 Å². The van der Waals surface area contributed by atoms with E-state index < -0.39 is 76.7 Å². The molecule has 0 fully saturated rings. The lowest BCUT2D eigenvalue weighted by atomic mass is 10.1. The van der Waals surface area contributed by atoms with Gasteiger partial charge in [0.25, 0.3) is 11.1 Å². The molecule has 0 aromatic heterocycles. The summed E-state index contributed by atoms with van der Waals surface area (Å²) >= 11 is 5.40. The quantitative estimate of drug-likeness (QED) is 0.204. The van der Waals surface area contributed by atoms with Crippen LogP contribution >= 0.6 is 11.6 Å². The highest BCUT2D eigenvalue weighted by Gasteiger charge is 2.31. The Balaban J connectivity index is 0.000000454. The lowest BCUT2D eigenvalue weighted by molar-refractivity contribution is 0.100. The SMILES string of the molecule is CCC(C)S(=O)(=O)c1cc(C)c(C(=O)Cl)cc1S(C)(=O)=O.CCC(C)S(=O)(=O)c1cc(C)c(C(=O)N=C(N)N)cc1S(C)(=O)=O. The number of benzene rings is 2. The van der Waals surface area contributed by atoms with Gasteiger partial charge in [-0.2, -0.15) is 4.99 Å². The van der Waals surface area contributed by atoms with Crippen LogP contribution in [0.15, 0.2) is 48.8 Å². The van der Waals surface area contributed by atoms with E-state index in [0.29, 0.717) is 18.4 Å². The molecule has 4 N–H and O–H groups in total. The number of aliphatic imine (C=N–C) groups is 1. The Labute approximate surface area is 270 Å². The number of carbonyl (C=O) groups excluding carboxylic acids is 2. The molecule has 0 aliphatic heterocycles. The van der Waals surface area contributed by atoms with E-state index >= 15 is 0 Å². The van der Waals surface area contributed by atoms with Crippen molar-refractivity contribution in [3.63, 3.8) is 0 Å². The van der Waals surface area contributed by atoms with Crippen LogP contribution in [0.1, 0.15) is 72.4 Å². The molecule has 2 rings (SSSR count). The molecule has 0 spiro atoms. The zero-order chi connectivity index (χ0) is 35.5. The van der Waals surface area contributed by atoms with E-state index in [9.17, 15) is 43.3 Å². The maximum absolute atomic E-state index is 12.6.